The van der Waals surface area contributed by atoms with Crippen LogP contribution in [0.2, 0.25) is 0 Å². The van der Waals surface area contributed by atoms with Gasteiger partial charge >= 0.3 is 0 Å². The molecule has 1 aromatic rings. The Kier molecular flexibility index (Phi) is 3.14. The van der Waals surface area contributed by atoms with Crippen molar-refractivity contribution in [1.29, 1.82) is 0 Å². The fourth-order valence-corrected chi connectivity index (χ4v) is 5.25. The van der Waals surface area contributed by atoms with Gasteiger partial charge in [0, 0.05) is 12.0 Å². The van der Waals surface area contributed by atoms with Crippen molar-refractivity contribution in [3.05, 3.63) is 29.6 Å². The van der Waals surface area contributed by atoms with Gasteiger partial charge in [-0.05, 0) is 56.6 Å². The van der Waals surface area contributed by atoms with Gasteiger partial charge in [0.1, 0.15) is 5.82 Å². The van der Waals surface area contributed by atoms with Crippen molar-refractivity contribution in [2.75, 3.05) is 19.3 Å². The summed E-state index contributed by atoms with van der Waals surface area (Å²) in [7, 11) is -1.14. The maximum Gasteiger partial charge on any atom is 0.179 e. The van der Waals surface area contributed by atoms with Gasteiger partial charge in [-0.1, -0.05) is 0 Å². The zero-order valence-electron chi connectivity index (χ0n) is 11.0. The van der Waals surface area contributed by atoms with Crippen LogP contribution in [0.25, 0.3) is 0 Å². The minimum Gasteiger partial charge on any atom is -0.303 e. The van der Waals surface area contributed by atoms with E-state index in [1.54, 1.807) is 0 Å². The molecule has 1 aromatic carbocycles. The number of rotatable bonds is 2. The van der Waals surface area contributed by atoms with E-state index in [1.807, 2.05) is 0 Å². The summed E-state index contributed by atoms with van der Waals surface area (Å²) < 4.78 is 37.6. The minimum absolute atomic E-state index is 0.0544. The fraction of sp³-hybridized carbons (Fsp3) is 0.571. The zero-order chi connectivity index (χ0) is 13.6. The van der Waals surface area contributed by atoms with Crippen molar-refractivity contribution in [1.82, 2.24) is 4.90 Å². The van der Waals surface area contributed by atoms with Crippen LogP contribution in [0, 0.1) is 5.82 Å². The molecule has 0 radical (unpaired) electrons. The maximum atomic E-state index is 13.4. The standard InChI is InChI=1S/C14H18FNO2S/c1-16-6-2-3-12(16)7-10-9-19(17,18)14-5-4-11(15)8-13(10)14/h4-5,8,10,12H,2-3,6-7,9H2,1H3/t10?,12-/m1/s1. The lowest BCUT2D eigenvalue weighted by molar-refractivity contribution is 0.286. The highest BCUT2D eigenvalue weighted by molar-refractivity contribution is 7.91. The van der Waals surface area contributed by atoms with Gasteiger partial charge in [0.05, 0.1) is 10.6 Å². The summed E-state index contributed by atoms with van der Waals surface area (Å²) in [6.45, 7) is 1.07. The van der Waals surface area contributed by atoms with Crippen LogP contribution in [0.1, 0.15) is 30.7 Å². The van der Waals surface area contributed by atoms with Crippen LogP contribution in [0.4, 0.5) is 4.39 Å². The van der Waals surface area contributed by atoms with Crippen LogP contribution in [-0.2, 0) is 9.84 Å². The predicted octanol–water partition coefficient (Wildman–Crippen LogP) is 2.18. The summed E-state index contributed by atoms with van der Waals surface area (Å²) in [4.78, 5) is 2.61. The second kappa shape index (κ2) is 4.56. The molecule has 2 aliphatic heterocycles. The van der Waals surface area contributed by atoms with Gasteiger partial charge in [0.25, 0.3) is 0 Å². The molecule has 0 bridgehead atoms. The van der Waals surface area contributed by atoms with Gasteiger partial charge in [-0.2, -0.15) is 0 Å². The van der Waals surface area contributed by atoms with Crippen molar-refractivity contribution >= 4 is 9.84 Å². The second-order valence-corrected chi connectivity index (χ2v) is 7.68. The average molecular weight is 283 g/mol. The third kappa shape index (κ3) is 2.30. The Labute approximate surface area is 113 Å². The van der Waals surface area contributed by atoms with E-state index in [4.69, 9.17) is 0 Å². The quantitative estimate of drug-likeness (QED) is 0.781. The lowest BCUT2D eigenvalue weighted by Gasteiger charge is -2.22. The molecule has 0 aromatic heterocycles. The molecule has 0 N–H and O–H groups in total. The maximum absolute atomic E-state index is 13.4. The molecule has 1 fully saturated rings. The number of fused-ring (bicyclic) bond motifs is 1. The third-order valence-electron chi connectivity index (χ3n) is 4.40. The highest BCUT2D eigenvalue weighted by Gasteiger charge is 2.37. The molecule has 0 saturated carbocycles. The Morgan fingerprint density at radius 1 is 1.42 bits per heavy atom. The van der Waals surface area contributed by atoms with E-state index in [-0.39, 0.29) is 17.5 Å². The van der Waals surface area contributed by atoms with Crippen LogP contribution in [0.3, 0.4) is 0 Å². The summed E-state index contributed by atoms with van der Waals surface area (Å²) in [6, 6.07) is 4.48. The van der Waals surface area contributed by atoms with Crippen molar-refractivity contribution in [3.8, 4) is 0 Å². The molecule has 0 amide bonds. The Balaban J connectivity index is 1.91. The van der Waals surface area contributed by atoms with Gasteiger partial charge in [-0.3, -0.25) is 0 Å². The minimum atomic E-state index is -3.22. The molecule has 19 heavy (non-hydrogen) atoms. The normalized spacial score (nSPS) is 29.6. The SMILES string of the molecule is CN1CCC[C@@H]1CC1CS(=O)(=O)c2ccc(F)cc21. The van der Waals surface area contributed by atoms with Gasteiger partial charge in [-0.15, -0.1) is 0 Å². The first kappa shape index (κ1) is 13.1. The Bertz CT molecular complexity index is 599. The molecule has 3 rings (SSSR count). The van der Waals surface area contributed by atoms with Crippen LogP contribution in [0.15, 0.2) is 23.1 Å². The zero-order valence-corrected chi connectivity index (χ0v) is 11.8. The molecule has 0 aliphatic carbocycles. The highest BCUT2D eigenvalue weighted by atomic mass is 32.2. The first-order valence-electron chi connectivity index (χ1n) is 6.70. The third-order valence-corrected chi connectivity index (χ3v) is 6.28. The topological polar surface area (TPSA) is 37.4 Å². The molecule has 3 nitrogen and oxygen atoms in total. The van der Waals surface area contributed by atoms with E-state index in [9.17, 15) is 12.8 Å². The Hall–Kier alpha value is -0.940. The summed E-state index contributed by atoms with van der Waals surface area (Å²) in [6.07, 6.45) is 3.08. The monoisotopic (exact) mass is 283 g/mol. The largest absolute Gasteiger partial charge is 0.303 e. The number of likely N-dealkylation sites (tertiary alicyclic amines) is 1. The molecule has 1 unspecified atom stereocenters. The van der Waals surface area contributed by atoms with Gasteiger partial charge in [0.2, 0.25) is 0 Å². The number of hydrogen-bond donors (Lipinski definition) is 0. The second-order valence-electron chi connectivity index (χ2n) is 5.67. The highest BCUT2D eigenvalue weighted by Crippen LogP contribution is 2.39. The van der Waals surface area contributed by atoms with E-state index >= 15 is 0 Å². The summed E-state index contributed by atoms with van der Waals surface area (Å²) in [5.74, 6) is -0.266. The first-order valence-corrected chi connectivity index (χ1v) is 8.35. The molecule has 1 saturated heterocycles. The lowest BCUT2D eigenvalue weighted by Crippen LogP contribution is -2.27. The average Bonchev–Trinajstić information content (AvgIpc) is 2.83. The van der Waals surface area contributed by atoms with Crippen molar-refractivity contribution in [3.63, 3.8) is 0 Å². The molecule has 2 heterocycles. The van der Waals surface area contributed by atoms with E-state index in [2.05, 4.69) is 11.9 Å². The number of nitrogens with zero attached hydrogens (tertiary/aromatic N) is 1. The van der Waals surface area contributed by atoms with Gasteiger partial charge < -0.3 is 4.90 Å². The first-order chi connectivity index (χ1) is 8.97. The molecule has 5 heteroatoms. The number of halogens is 1. The molecule has 0 spiro atoms. The van der Waals surface area contributed by atoms with Crippen molar-refractivity contribution < 1.29 is 12.8 Å². The van der Waals surface area contributed by atoms with Crippen molar-refractivity contribution in [2.24, 2.45) is 0 Å². The van der Waals surface area contributed by atoms with Crippen LogP contribution in [0.5, 0.6) is 0 Å². The lowest BCUT2D eigenvalue weighted by atomic mass is 9.93. The predicted molar refractivity (Wildman–Crippen MR) is 71.5 cm³/mol. The molecule has 104 valence electrons. The van der Waals surface area contributed by atoms with E-state index < -0.39 is 9.84 Å². The Morgan fingerprint density at radius 3 is 2.89 bits per heavy atom. The number of sulfone groups is 1. The van der Waals surface area contributed by atoms with E-state index in [0.29, 0.717) is 16.5 Å². The number of benzene rings is 1. The van der Waals surface area contributed by atoms with Gasteiger partial charge in [-0.25, -0.2) is 12.8 Å². The Morgan fingerprint density at radius 2 is 2.21 bits per heavy atom. The van der Waals surface area contributed by atoms with E-state index in [1.165, 1.54) is 18.2 Å². The van der Waals surface area contributed by atoms with Crippen LogP contribution < -0.4 is 0 Å². The molecular formula is C14H18FNO2S. The summed E-state index contributed by atoms with van der Waals surface area (Å²) >= 11 is 0. The van der Waals surface area contributed by atoms with Crippen LogP contribution >= 0.6 is 0 Å². The van der Waals surface area contributed by atoms with Gasteiger partial charge in [0.15, 0.2) is 9.84 Å². The number of hydrogen-bond acceptors (Lipinski definition) is 3. The molecular weight excluding hydrogens is 265 g/mol. The van der Waals surface area contributed by atoms with Crippen LogP contribution in [-0.4, -0.2) is 38.7 Å². The van der Waals surface area contributed by atoms with E-state index in [0.717, 1.165) is 25.8 Å². The summed E-state index contributed by atoms with van der Waals surface area (Å²) in [5.41, 5.74) is 0.681. The molecule has 2 aliphatic rings. The van der Waals surface area contributed by atoms with Crippen molar-refractivity contribution in [2.45, 2.75) is 36.1 Å². The smallest absolute Gasteiger partial charge is 0.179 e. The fourth-order valence-electron chi connectivity index (χ4n) is 3.37. The molecule has 2 atom stereocenters. The summed E-state index contributed by atoms with van der Waals surface area (Å²) in [5, 5.41) is 0.